The van der Waals surface area contributed by atoms with Gasteiger partial charge in [-0.25, -0.2) is 9.97 Å². The van der Waals surface area contributed by atoms with Crippen LogP contribution in [0.15, 0.2) is 67.1 Å². The number of rotatable bonds is 6. The molecule has 1 fully saturated rings. The highest BCUT2D eigenvalue weighted by atomic mass is 16.5. The van der Waals surface area contributed by atoms with Gasteiger partial charge in [0.2, 0.25) is 5.91 Å². The number of imidazole rings is 2. The number of nitrogens with zero attached hydrogens (tertiary/aromatic N) is 4. The van der Waals surface area contributed by atoms with Gasteiger partial charge < -0.3 is 19.2 Å². The molecule has 0 saturated carbocycles. The van der Waals surface area contributed by atoms with E-state index in [9.17, 15) is 4.79 Å². The molecule has 1 N–H and O–H groups in total. The Bertz CT molecular complexity index is 1250. The first-order valence-corrected chi connectivity index (χ1v) is 11.3. The second-order valence-corrected chi connectivity index (χ2v) is 8.31. The lowest BCUT2D eigenvalue weighted by molar-refractivity contribution is -0.127. The van der Waals surface area contributed by atoms with E-state index in [1.165, 1.54) is 5.56 Å². The third-order valence-electron chi connectivity index (χ3n) is 6.26. The Labute approximate surface area is 192 Å². The summed E-state index contributed by atoms with van der Waals surface area (Å²) in [5.74, 6) is 1.95. The molecular weight excluding hydrogens is 414 g/mol. The molecule has 1 amide bonds. The Balaban J connectivity index is 1.34. The number of ether oxygens (including phenoxy) is 1. The molecule has 0 radical (unpaired) electrons. The number of aromatic nitrogens is 4. The van der Waals surface area contributed by atoms with Crippen molar-refractivity contribution in [3.63, 3.8) is 0 Å². The van der Waals surface area contributed by atoms with Gasteiger partial charge in [0.05, 0.1) is 36.4 Å². The van der Waals surface area contributed by atoms with Crippen LogP contribution in [0.25, 0.3) is 17.1 Å². The van der Waals surface area contributed by atoms with E-state index < -0.39 is 0 Å². The fraction of sp³-hybridized carbons (Fsp3) is 0.269. The number of carbonyl (C=O) groups is 1. The van der Waals surface area contributed by atoms with Crippen LogP contribution in [0.1, 0.15) is 36.0 Å². The van der Waals surface area contributed by atoms with Crippen molar-refractivity contribution in [3.05, 3.63) is 84.2 Å². The molecule has 7 nitrogen and oxygen atoms in total. The zero-order valence-corrected chi connectivity index (χ0v) is 18.6. The Morgan fingerprint density at radius 3 is 2.67 bits per heavy atom. The highest BCUT2D eigenvalue weighted by Gasteiger charge is 2.26. The highest BCUT2D eigenvalue weighted by molar-refractivity contribution is 5.91. The predicted molar refractivity (Wildman–Crippen MR) is 128 cm³/mol. The van der Waals surface area contributed by atoms with E-state index >= 15 is 0 Å². The van der Waals surface area contributed by atoms with E-state index in [2.05, 4.69) is 44.9 Å². The number of likely N-dealkylation sites (tertiary alicyclic amines) is 1. The summed E-state index contributed by atoms with van der Waals surface area (Å²) in [5.41, 5.74) is 4.20. The van der Waals surface area contributed by atoms with Crippen molar-refractivity contribution in [1.82, 2.24) is 24.4 Å². The maximum absolute atomic E-state index is 12.6. The monoisotopic (exact) mass is 441 g/mol. The summed E-state index contributed by atoms with van der Waals surface area (Å²) in [4.78, 5) is 26.5. The minimum atomic E-state index is 0.0389. The summed E-state index contributed by atoms with van der Waals surface area (Å²) in [7, 11) is 1.68. The molecule has 0 aliphatic carbocycles. The van der Waals surface area contributed by atoms with E-state index in [0.717, 1.165) is 60.7 Å². The van der Waals surface area contributed by atoms with Crippen LogP contribution in [0.4, 0.5) is 0 Å². The maximum atomic E-state index is 12.6. The molecular formula is C26H27N5O2. The smallest absolute Gasteiger partial charge is 0.246 e. The first-order valence-electron chi connectivity index (χ1n) is 11.3. The molecule has 2 aromatic heterocycles. The van der Waals surface area contributed by atoms with Crippen LogP contribution < -0.4 is 4.74 Å². The van der Waals surface area contributed by atoms with E-state index in [-0.39, 0.29) is 5.91 Å². The average molecular weight is 442 g/mol. The lowest BCUT2D eigenvalue weighted by Crippen LogP contribution is -2.38. The number of fused-ring (bicyclic) bond motifs is 1. The lowest BCUT2D eigenvalue weighted by atomic mass is 10.0. The zero-order valence-electron chi connectivity index (χ0n) is 18.6. The minimum Gasteiger partial charge on any atom is -0.497 e. The number of aromatic amines is 1. The number of hydrogen-bond acceptors (Lipinski definition) is 4. The van der Waals surface area contributed by atoms with Gasteiger partial charge in [0.25, 0.3) is 0 Å². The first-order chi connectivity index (χ1) is 16.2. The third kappa shape index (κ3) is 4.53. The summed E-state index contributed by atoms with van der Waals surface area (Å²) < 4.78 is 7.68. The number of methoxy groups -OCH3 is 1. The lowest BCUT2D eigenvalue weighted by Gasteiger charge is -2.33. The average Bonchev–Trinajstić information content (AvgIpc) is 3.51. The summed E-state index contributed by atoms with van der Waals surface area (Å²) in [5, 5.41) is 0. The molecule has 0 spiro atoms. The second-order valence-electron chi connectivity index (χ2n) is 8.31. The molecule has 0 atom stereocenters. The van der Waals surface area contributed by atoms with E-state index in [0.29, 0.717) is 6.04 Å². The van der Waals surface area contributed by atoms with Gasteiger partial charge in [-0.2, -0.15) is 0 Å². The predicted octanol–water partition coefficient (Wildman–Crippen LogP) is 4.24. The van der Waals surface area contributed by atoms with Crippen LogP contribution in [0.3, 0.4) is 0 Å². The fourth-order valence-corrected chi connectivity index (χ4v) is 4.52. The van der Waals surface area contributed by atoms with Crippen molar-refractivity contribution in [1.29, 1.82) is 0 Å². The van der Waals surface area contributed by atoms with Crippen molar-refractivity contribution in [3.8, 4) is 5.75 Å². The van der Waals surface area contributed by atoms with Crippen LogP contribution in [-0.2, 0) is 11.2 Å². The minimum absolute atomic E-state index is 0.0389. The molecule has 5 rings (SSSR count). The molecule has 1 aliphatic heterocycles. The van der Waals surface area contributed by atoms with Crippen molar-refractivity contribution in [2.45, 2.75) is 25.3 Å². The number of hydrogen-bond donors (Lipinski definition) is 1. The molecule has 1 saturated heterocycles. The second kappa shape index (κ2) is 9.32. The number of benzene rings is 2. The SMILES string of the molecule is COc1ccc(Cc2nc3ccccc3n2C2CCN(C(=O)C=Cc3cnc[nH]3)CC2)cc1. The van der Waals surface area contributed by atoms with Gasteiger partial charge in [0.1, 0.15) is 11.6 Å². The number of para-hydroxylation sites is 2. The molecule has 33 heavy (non-hydrogen) atoms. The fourth-order valence-electron chi connectivity index (χ4n) is 4.52. The van der Waals surface area contributed by atoms with Crippen LogP contribution in [0, 0.1) is 0 Å². The maximum Gasteiger partial charge on any atom is 0.246 e. The quantitative estimate of drug-likeness (QED) is 0.454. The number of H-pyrrole nitrogens is 1. The molecule has 168 valence electrons. The normalized spacial score (nSPS) is 14.9. The third-order valence-corrected chi connectivity index (χ3v) is 6.26. The van der Waals surface area contributed by atoms with Gasteiger partial charge >= 0.3 is 0 Å². The van der Waals surface area contributed by atoms with Gasteiger partial charge in [-0.05, 0) is 48.7 Å². The molecule has 0 unspecified atom stereocenters. The Morgan fingerprint density at radius 1 is 1.15 bits per heavy atom. The topological polar surface area (TPSA) is 76.0 Å². The van der Waals surface area contributed by atoms with Crippen molar-refractivity contribution in [2.24, 2.45) is 0 Å². The van der Waals surface area contributed by atoms with Gasteiger partial charge in [0.15, 0.2) is 0 Å². The summed E-state index contributed by atoms with van der Waals surface area (Å²) in [6.07, 6.45) is 9.26. The van der Waals surface area contributed by atoms with Crippen LogP contribution >= 0.6 is 0 Å². The Kier molecular flexibility index (Phi) is 5.93. The molecule has 7 heteroatoms. The first kappa shape index (κ1) is 21.0. The van der Waals surface area contributed by atoms with Crippen molar-refractivity contribution in [2.75, 3.05) is 20.2 Å². The zero-order chi connectivity index (χ0) is 22.6. The van der Waals surface area contributed by atoms with E-state index in [1.807, 2.05) is 23.1 Å². The van der Waals surface area contributed by atoms with Gasteiger partial charge in [-0.15, -0.1) is 0 Å². The largest absolute Gasteiger partial charge is 0.497 e. The van der Waals surface area contributed by atoms with Crippen LogP contribution in [0.2, 0.25) is 0 Å². The van der Waals surface area contributed by atoms with Gasteiger partial charge in [0, 0.05) is 31.6 Å². The summed E-state index contributed by atoms with van der Waals surface area (Å²) in [6, 6.07) is 16.8. The molecule has 1 aliphatic rings. The van der Waals surface area contributed by atoms with E-state index in [1.54, 1.807) is 31.8 Å². The van der Waals surface area contributed by atoms with Crippen molar-refractivity contribution >= 4 is 23.0 Å². The van der Waals surface area contributed by atoms with Crippen LogP contribution in [-0.4, -0.2) is 50.5 Å². The van der Waals surface area contributed by atoms with Crippen molar-refractivity contribution < 1.29 is 9.53 Å². The van der Waals surface area contributed by atoms with Gasteiger partial charge in [-0.3, -0.25) is 4.79 Å². The Hall–Kier alpha value is -3.87. The molecule has 3 heterocycles. The molecule has 2 aromatic carbocycles. The standard InChI is InChI=1S/C26H27N5O2/c1-33-22-9-6-19(7-10-22)16-25-29-23-4-2-3-5-24(23)31(25)21-12-14-30(15-13-21)26(32)11-8-20-17-27-18-28-20/h2-11,17-18,21H,12-16H2,1H3,(H,27,28). The number of nitrogens with one attached hydrogen (secondary N) is 1. The number of carbonyl (C=O) groups excluding carboxylic acids is 1. The van der Waals surface area contributed by atoms with Crippen LogP contribution in [0.5, 0.6) is 5.75 Å². The van der Waals surface area contributed by atoms with Gasteiger partial charge in [-0.1, -0.05) is 24.3 Å². The summed E-state index contributed by atoms with van der Waals surface area (Å²) >= 11 is 0. The summed E-state index contributed by atoms with van der Waals surface area (Å²) in [6.45, 7) is 1.45. The van der Waals surface area contributed by atoms with E-state index in [4.69, 9.17) is 9.72 Å². The number of piperidine rings is 1. The Morgan fingerprint density at radius 2 is 1.94 bits per heavy atom. The molecule has 0 bridgehead atoms. The molecule has 4 aromatic rings. The highest BCUT2D eigenvalue weighted by Crippen LogP contribution is 2.30. The number of amides is 1.